The number of nitrogens with one attached hydrogen (secondary N) is 1. The SMILES string of the molecule is CC(CNCc1ccccc1)CS(=O)(=O)O. The van der Waals surface area contributed by atoms with Crippen LogP contribution in [0.5, 0.6) is 0 Å². The first kappa shape index (κ1) is 13.2. The third-order valence-electron chi connectivity index (χ3n) is 2.16. The van der Waals surface area contributed by atoms with Crippen LogP contribution in [0.4, 0.5) is 0 Å². The van der Waals surface area contributed by atoms with Crippen LogP contribution < -0.4 is 5.32 Å². The fourth-order valence-electron chi connectivity index (χ4n) is 1.48. The van der Waals surface area contributed by atoms with Gasteiger partial charge in [0.2, 0.25) is 0 Å². The van der Waals surface area contributed by atoms with Gasteiger partial charge in [-0.15, -0.1) is 0 Å². The van der Waals surface area contributed by atoms with Crippen LogP contribution in [0, 0.1) is 5.92 Å². The maximum atomic E-state index is 10.6. The molecule has 5 heteroatoms. The minimum absolute atomic E-state index is 0.0984. The van der Waals surface area contributed by atoms with E-state index < -0.39 is 10.1 Å². The number of hydrogen-bond donors (Lipinski definition) is 2. The molecular formula is C11H17NO3S. The monoisotopic (exact) mass is 243 g/mol. The second-order valence-electron chi connectivity index (χ2n) is 3.97. The number of rotatable bonds is 6. The Morgan fingerprint density at radius 3 is 2.50 bits per heavy atom. The molecule has 0 heterocycles. The lowest BCUT2D eigenvalue weighted by Gasteiger charge is -2.10. The van der Waals surface area contributed by atoms with E-state index in [-0.39, 0.29) is 11.7 Å². The molecule has 0 bridgehead atoms. The van der Waals surface area contributed by atoms with Crippen LogP contribution >= 0.6 is 0 Å². The van der Waals surface area contributed by atoms with Gasteiger partial charge in [-0.2, -0.15) is 8.42 Å². The molecule has 1 atom stereocenters. The van der Waals surface area contributed by atoms with Crippen LogP contribution in [0.25, 0.3) is 0 Å². The third-order valence-corrected chi connectivity index (χ3v) is 3.15. The van der Waals surface area contributed by atoms with Crippen molar-refractivity contribution < 1.29 is 13.0 Å². The molecule has 0 aliphatic rings. The Morgan fingerprint density at radius 2 is 1.94 bits per heavy atom. The second-order valence-corrected chi connectivity index (χ2v) is 5.47. The lowest BCUT2D eigenvalue weighted by atomic mass is 10.2. The lowest BCUT2D eigenvalue weighted by Crippen LogP contribution is -2.25. The largest absolute Gasteiger partial charge is 0.312 e. The Hall–Kier alpha value is -0.910. The van der Waals surface area contributed by atoms with E-state index >= 15 is 0 Å². The van der Waals surface area contributed by atoms with Gasteiger partial charge in [-0.05, 0) is 18.0 Å². The molecule has 2 N–H and O–H groups in total. The van der Waals surface area contributed by atoms with Gasteiger partial charge in [0.1, 0.15) is 0 Å². The van der Waals surface area contributed by atoms with Crippen LogP contribution in [-0.2, 0) is 16.7 Å². The molecule has 0 aliphatic heterocycles. The molecule has 0 saturated heterocycles. The summed E-state index contributed by atoms with van der Waals surface area (Å²) in [6, 6.07) is 9.86. The van der Waals surface area contributed by atoms with Crippen LogP contribution in [0.15, 0.2) is 30.3 Å². The number of benzene rings is 1. The van der Waals surface area contributed by atoms with E-state index in [9.17, 15) is 8.42 Å². The van der Waals surface area contributed by atoms with Crippen molar-refractivity contribution in [3.8, 4) is 0 Å². The van der Waals surface area contributed by atoms with Crippen molar-refractivity contribution in [2.24, 2.45) is 5.92 Å². The van der Waals surface area contributed by atoms with E-state index in [0.717, 1.165) is 5.56 Å². The highest BCUT2D eigenvalue weighted by atomic mass is 32.2. The summed E-state index contributed by atoms with van der Waals surface area (Å²) in [5.74, 6) is -0.298. The first-order chi connectivity index (χ1) is 7.47. The van der Waals surface area contributed by atoms with Crippen LogP contribution in [0.3, 0.4) is 0 Å². The summed E-state index contributed by atoms with van der Waals surface area (Å²) in [4.78, 5) is 0. The molecule has 0 amide bonds. The quantitative estimate of drug-likeness (QED) is 0.739. The third kappa shape index (κ3) is 5.85. The van der Waals surface area contributed by atoms with Crippen molar-refractivity contribution >= 4 is 10.1 Å². The zero-order chi connectivity index (χ0) is 12.0. The van der Waals surface area contributed by atoms with Crippen molar-refractivity contribution in [3.63, 3.8) is 0 Å². The van der Waals surface area contributed by atoms with E-state index in [1.54, 1.807) is 6.92 Å². The molecular weight excluding hydrogens is 226 g/mol. The van der Waals surface area contributed by atoms with Gasteiger partial charge < -0.3 is 5.32 Å². The zero-order valence-corrected chi connectivity index (χ0v) is 10.1. The van der Waals surface area contributed by atoms with Gasteiger partial charge in [0.05, 0.1) is 5.75 Å². The van der Waals surface area contributed by atoms with E-state index in [1.807, 2.05) is 30.3 Å². The Kier molecular flexibility index (Phi) is 4.92. The molecule has 1 unspecified atom stereocenters. The average molecular weight is 243 g/mol. The van der Waals surface area contributed by atoms with Gasteiger partial charge in [0, 0.05) is 6.54 Å². The minimum atomic E-state index is -3.86. The molecule has 4 nitrogen and oxygen atoms in total. The summed E-state index contributed by atoms with van der Waals surface area (Å²) >= 11 is 0. The summed E-state index contributed by atoms with van der Waals surface area (Å²) in [5.41, 5.74) is 1.15. The molecule has 90 valence electrons. The first-order valence-electron chi connectivity index (χ1n) is 5.17. The average Bonchev–Trinajstić information content (AvgIpc) is 2.16. The van der Waals surface area contributed by atoms with Crippen LogP contribution in [0.2, 0.25) is 0 Å². The predicted molar refractivity (Wildman–Crippen MR) is 63.7 cm³/mol. The predicted octanol–water partition coefficient (Wildman–Crippen LogP) is 1.30. The Bertz CT molecular complexity index is 402. The van der Waals surface area contributed by atoms with Gasteiger partial charge in [-0.1, -0.05) is 37.3 Å². The van der Waals surface area contributed by atoms with Crippen molar-refractivity contribution in [2.45, 2.75) is 13.5 Å². The minimum Gasteiger partial charge on any atom is -0.312 e. The van der Waals surface area contributed by atoms with Gasteiger partial charge in [0.25, 0.3) is 10.1 Å². The molecule has 0 radical (unpaired) electrons. The van der Waals surface area contributed by atoms with Gasteiger partial charge >= 0.3 is 0 Å². The van der Waals surface area contributed by atoms with Crippen molar-refractivity contribution in [3.05, 3.63) is 35.9 Å². The molecule has 16 heavy (non-hydrogen) atoms. The summed E-state index contributed by atoms with van der Waals surface area (Å²) in [7, 11) is -3.86. The summed E-state index contributed by atoms with van der Waals surface area (Å²) in [5, 5.41) is 3.15. The van der Waals surface area contributed by atoms with Crippen molar-refractivity contribution in [2.75, 3.05) is 12.3 Å². The van der Waals surface area contributed by atoms with Gasteiger partial charge in [0.15, 0.2) is 0 Å². The molecule has 1 rings (SSSR count). The standard InChI is InChI=1S/C11H17NO3S/c1-10(9-16(13,14)15)7-12-8-11-5-3-2-4-6-11/h2-6,10,12H,7-9H2,1H3,(H,13,14,15). The summed E-state index contributed by atoms with van der Waals surface area (Å²) in [6.45, 7) is 3.05. The Labute approximate surface area is 96.4 Å². The highest BCUT2D eigenvalue weighted by Crippen LogP contribution is 2.00. The molecule has 0 aliphatic carbocycles. The van der Waals surface area contributed by atoms with E-state index in [1.165, 1.54) is 0 Å². The van der Waals surface area contributed by atoms with E-state index in [2.05, 4.69) is 5.32 Å². The summed E-state index contributed by atoms with van der Waals surface area (Å²) in [6.07, 6.45) is 0. The van der Waals surface area contributed by atoms with E-state index in [4.69, 9.17) is 4.55 Å². The normalized spacial score (nSPS) is 13.6. The molecule has 1 aromatic carbocycles. The Morgan fingerprint density at radius 1 is 1.31 bits per heavy atom. The summed E-state index contributed by atoms with van der Waals surface area (Å²) < 4.78 is 29.9. The second kappa shape index (κ2) is 5.98. The van der Waals surface area contributed by atoms with Crippen molar-refractivity contribution in [1.82, 2.24) is 5.32 Å². The lowest BCUT2D eigenvalue weighted by molar-refractivity contribution is 0.462. The molecule has 0 aromatic heterocycles. The fraction of sp³-hybridized carbons (Fsp3) is 0.455. The van der Waals surface area contributed by atoms with Crippen LogP contribution in [-0.4, -0.2) is 25.3 Å². The molecule has 1 aromatic rings. The molecule has 0 spiro atoms. The highest BCUT2D eigenvalue weighted by Gasteiger charge is 2.11. The topological polar surface area (TPSA) is 66.4 Å². The Balaban J connectivity index is 2.26. The van der Waals surface area contributed by atoms with Crippen molar-refractivity contribution in [1.29, 1.82) is 0 Å². The maximum Gasteiger partial charge on any atom is 0.265 e. The van der Waals surface area contributed by atoms with Crippen LogP contribution in [0.1, 0.15) is 12.5 Å². The molecule has 0 fully saturated rings. The smallest absolute Gasteiger partial charge is 0.265 e. The molecule has 0 saturated carbocycles. The zero-order valence-electron chi connectivity index (χ0n) is 9.26. The highest BCUT2D eigenvalue weighted by molar-refractivity contribution is 7.85. The fourth-order valence-corrected chi connectivity index (χ4v) is 2.31. The van der Waals surface area contributed by atoms with Gasteiger partial charge in [-0.25, -0.2) is 0 Å². The van der Waals surface area contributed by atoms with E-state index in [0.29, 0.717) is 13.1 Å². The number of hydrogen-bond acceptors (Lipinski definition) is 3. The van der Waals surface area contributed by atoms with Gasteiger partial charge in [-0.3, -0.25) is 4.55 Å². The maximum absolute atomic E-state index is 10.6. The first-order valence-corrected chi connectivity index (χ1v) is 6.78.